The number of benzene rings is 1. The molecule has 126 valence electrons. The molecule has 2 N–H and O–H groups in total. The second kappa shape index (κ2) is 8.53. The lowest BCUT2D eigenvalue weighted by molar-refractivity contribution is -0.121. The molecule has 1 saturated heterocycles. The van der Waals surface area contributed by atoms with Crippen LogP contribution in [-0.4, -0.2) is 56.0 Å². The first-order valence-corrected chi connectivity index (χ1v) is 8.08. The number of amides is 2. The van der Waals surface area contributed by atoms with Crippen LogP contribution in [0.15, 0.2) is 24.3 Å². The maximum Gasteiger partial charge on any atom is 0.255 e. The molecule has 0 spiro atoms. The van der Waals surface area contributed by atoms with Crippen molar-refractivity contribution in [1.29, 1.82) is 0 Å². The molecule has 2 rings (SSSR count). The van der Waals surface area contributed by atoms with Crippen LogP contribution in [0.1, 0.15) is 30.1 Å². The molecule has 6 heteroatoms. The predicted molar refractivity (Wildman–Crippen MR) is 88.6 cm³/mol. The van der Waals surface area contributed by atoms with Crippen LogP contribution in [0, 0.1) is 0 Å². The van der Waals surface area contributed by atoms with E-state index >= 15 is 0 Å². The first-order valence-electron chi connectivity index (χ1n) is 8.08. The van der Waals surface area contributed by atoms with Crippen LogP contribution in [0.4, 0.5) is 0 Å². The Kier molecular flexibility index (Phi) is 6.40. The molecule has 0 aromatic heterocycles. The largest absolute Gasteiger partial charge is 0.493 e. The Balaban J connectivity index is 1.81. The lowest BCUT2D eigenvalue weighted by Crippen LogP contribution is -2.46. The number of rotatable bonds is 6. The maximum atomic E-state index is 12.2. The second-order valence-corrected chi connectivity index (χ2v) is 5.76. The van der Waals surface area contributed by atoms with E-state index in [9.17, 15) is 9.59 Å². The van der Waals surface area contributed by atoms with Gasteiger partial charge in [0.15, 0.2) is 0 Å². The summed E-state index contributed by atoms with van der Waals surface area (Å²) in [4.78, 5) is 26.4. The Morgan fingerprint density at radius 2 is 1.96 bits per heavy atom. The number of nitrogens with one attached hydrogen (secondary N) is 2. The van der Waals surface area contributed by atoms with Crippen LogP contribution in [0.3, 0.4) is 0 Å². The lowest BCUT2D eigenvalue weighted by atomic mass is 10.1. The third-order valence-corrected chi connectivity index (χ3v) is 3.92. The van der Waals surface area contributed by atoms with Crippen molar-refractivity contribution < 1.29 is 14.3 Å². The van der Waals surface area contributed by atoms with Gasteiger partial charge >= 0.3 is 0 Å². The smallest absolute Gasteiger partial charge is 0.255 e. The van der Waals surface area contributed by atoms with Crippen LogP contribution in [0.25, 0.3) is 0 Å². The second-order valence-electron chi connectivity index (χ2n) is 5.76. The predicted octanol–water partition coefficient (Wildman–Crippen LogP) is 1.03. The van der Waals surface area contributed by atoms with E-state index in [1.165, 1.54) is 0 Å². The van der Waals surface area contributed by atoms with Gasteiger partial charge in [-0.1, -0.05) is 12.1 Å². The lowest BCUT2D eigenvalue weighted by Gasteiger charge is -2.29. The van der Waals surface area contributed by atoms with E-state index in [0.29, 0.717) is 17.9 Å². The highest BCUT2D eigenvalue weighted by Gasteiger charge is 2.19. The molecule has 23 heavy (non-hydrogen) atoms. The number of ether oxygens (including phenoxy) is 1. The van der Waals surface area contributed by atoms with Crippen LogP contribution in [0.2, 0.25) is 0 Å². The van der Waals surface area contributed by atoms with Crippen molar-refractivity contribution in [2.24, 2.45) is 0 Å². The van der Waals surface area contributed by atoms with Crippen LogP contribution >= 0.6 is 0 Å². The molecule has 1 fully saturated rings. The van der Waals surface area contributed by atoms with Gasteiger partial charge in [0.25, 0.3) is 5.91 Å². The summed E-state index contributed by atoms with van der Waals surface area (Å²) >= 11 is 0. The van der Waals surface area contributed by atoms with Gasteiger partial charge in [0.2, 0.25) is 5.91 Å². The molecule has 1 aromatic rings. The van der Waals surface area contributed by atoms with Gasteiger partial charge in [0.1, 0.15) is 5.75 Å². The molecule has 1 aliphatic heterocycles. The number of hydrogen-bond donors (Lipinski definition) is 2. The molecule has 1 heterocycles. The Labute approximate surface area is 137 Å². The molecule has 0 bridgehead atoms. The van der Waals surface area contributed by atoms with Crippen molar-refractivity contribution in [3.63, 3.8) is 0 Å². The number of hydrogen-bond acceptors (Lipinski definition) is 4. The molecule has 1 aliphatic rings. The van der Waals surface area contributed by atoms with E-state index in [4.69, 9.17) is 4.74 Å². The van der Waals surface area contributed by atoms with E-state index in [1.807, 2.05) is 13.0 Å². The SMILES string of the molecule is CCOc1ccccc1C(=O)NCC(=O)NC1CCN(C)CC1. The third kappa shape index (κ3) is 5.25. The van der Waals surface area contributed by atoms with Gasteiger partial charge in [0.05, 0.1) is 18.7 Å². The van der Waals surface area contributed by atoms with Gasteiger partial charge < -0.3 is 20.3 Å². The molecule has 0 unspecified atom stereocenters. The van der Waals surface area contributed by atoms with Crippen LogP contribution in [-0.2, 0) is 4.79 Å². The fraction of sp³-hybridized carbons (Fsp3) is 0.529. The minimum atomic E-state index is -0.299. The Morgan fingerprint density at radius 3 is 2.65 bits per heavy atom. The Bertz CT molecular complexity index is 540. The summed E-state index contributed by atoms with van der Waals surface area (Å²) in [5.41, 5.74) is 0.446. The van der Waals surface area contributed by atoms with Gasteiger partial charge in [-0.05, 0) is 52.0 Å². The van der Waals surface area contributed by atoms with Gasteiger partial charge in [0, 0.05) is 6.04 Å². The topological polar surface area (TPSA) is 70.7 Å². The van der Waals surface area contributed by atoms with Crippen molar-refractivity contribution in [3.8, 4) is 5.75 Å². The van der Waals surface area contributed by atoms with E-state index in [0.717, 1.165) is 25.9 Å². The molecular formula is C17H25N3O3. The van der Waals surface area contributed by atoms with Gasteiger partial charge in [-0.15, -0.1) is 0 Å². The Hall–Kier alpha value is -2.08. The monoisotopic (exact) mass is 319 g/mol. The summed E-state index contributed by atoms with van der Waals surface area (Å²) in [5, 5.41) is 5.63. The molecular weight excluding hydrogens is 294 g/mol. The third-order valence-electron chi connectivity index (χ3n) is 3.92. The standard InChI is InChI=1S/C17H25N3O3/c1-3-23-15-7-5-4-6-14(15)17(22)18-12-16(21)19-13-8-10-20(2)11-9-13/h4-7,13H,3,8-12H2,1-2H3,(H,18,22)(H,19,21). The van der Waals surface area contributed by atoms with E-state index < -0.39 is 0 Å². The van der Waals surface area contributed by atoms with Crippen molar-refractivity contribution in [3.05, 3.63) is 29.8 Å². The van der Waals surface area contributed by atoms with E-state index in [2.05, 4.69) is 22.6 Å². The first-order chi connectivity index (χ1) is 11.1. The average Bonchev–Trinajstić information content (AvgIpc) is 2.56. The normalized spacial score (nSPS) is 15.9. The highest BCUT2D eigenvalue weighted by molar-refractivity contribution is 5.98. The number of likely N-dealkylation sites (tertiary alicyclic amines) is 1. The summed E-state index contributed by atoms with van der Waals surface area (Å²) in [6.45, 7) is 4.30. The minimum Gasteiger partial charge on any atom is -0.493 e. The summed E-state index contributed by atoms with van der Waals surface area (Å²) in [6, 6.07) is 7.22. The zero-order valence-corrected chi connectivity index (χ0v) is 13.8. The zero-order chi connectivity index (χ0) is 16.7. The zero-order valence-electron chi connectivity index (χ0n) is 13.8. The van der Waals surface area contributed by atoms with E-state index in [-0.39, 0.29) is 24.4 Å². The molecule has 2 amide bonds. The number of para-hydroxylation sites is 1. The highest BCUT2D eigenvalue weighted by Crippen LogP contribution is 2.17. The molecule has 0 radical (unpaired) electrons. The minimum absolute atomic E-state index is 0.0222. The first kappa shape index (κ1) is 17.3. The molecule has 0 saturated carbocycles. The number of carbonyl (C=O) groups is 2. The highest BCUT2D eigenvalue weighted by atomic mass is 16.5. The van der Waals surface area contributed by atoms with E-state index in [1.54, 1.807) is 18.2 Å². The summed E-state index contributed by atoms with van der Waals surface area (Å²) < 4.78 is 5.43. The quantitative estimate of drug-likeness (QED) is 0.821. The maximum absolute atomic E-state index is 12.2. The van der Waals surface area contributed by atoms with Crippen molar-refractivity contribution >= 4 is 11.8 Å². The van der Waals surface area contributed by atoms with Gasteiger partial charge in [-0.3, -0.25) is 9.59 Å². The van der Waals surface area contributed by atoms with Gasteiger partial charge in [-0.25, -0.2) is 0 Å². The van der Waals surface area contributed by atoms with Crippen molar-refractivity contribution in [2.75, 3.05) is 33.3 Å². The summed E-state index contributed by atoms with van der Waals surface area (Å²) in [6.07, 6.45) is 1.90. The van der Waals surface area contributed by atoms with Crippen LogP contribution < -0.4 is 15.4 Å². The number of carbonyl (C=O) groups excluding carboxylic acids is 2. The fourth-order valence-corrected chi connectivity index (χ4v) is 2.62. The average molecular weight is 319 g/mol. The molecule has 0 aliphatic carbocycles. The molecule has 1 aromatic carbocycles. The van der Waals surface area contributed by atoms with Gasteiger partial charge in [-0.2, -0.15) is 0 Å². The Morgan fingerprint density at radius 1 is 1.26 bits per heavy atom. The number of nitrogens with zero attached hydrogens (tertiary/aromatic N) is 1. The summed E-state index contributed by atoms with van der Waals surface area (Å²) in [5.74, 6) is 0.0811. The molecule has 6 nitrogen and oxygen atoms in total. The van der Waals surface area contributed by atoms with Crippen LogP contribution in [0.5, 0.6) is 5.75 Å². The molecule has 0 atom stereocenters. The van der Waals surface area contributed by atoms with Crippen molar-refractivity contribution in [2.45, 2.75) is 25.8 Å². The fourth-order valence-electron chi connectivity index (χ4n) is 2.62. The van der Waals surface area contributed by atoms with Crippen molar-refractivity contribution in [1.82, 2.24) is 15.5 Å². The number of piperidine rings is 1. The summed E-state index contributed by atoms with van der Waals surface area (Å²) in [7, 11) is 2.08.